The fourth-order valence-corrected chi connectivity index (χ4v) is 4.69. The van der Waals surface area contributed by atoms with Crippen LogP contribution in [0.5, 0.6) is 5.75 Å². The van der Waals surface area contributed by atoms with Crippen LogP contribution >= 0.6 is 11.3 Å². The highest BCUT2D eigenvalue weighted by molar-refractivity contribution is 7.94. The van der Waals surface area contributed by atoms with Crippen LogP contribution in [0.15, 0.2) is 46.7 Å². The monoisotopic (exact) mass is 365 g/mol. The highest BCUT2D eigenvalue weighted by Gasteiger charge is 2.20. The van der Waals surface area contributed by atoms with Crippen molar-refractivity contribution in [3.05, 3.63) is 53.8 Å². The Hall–Kier alpha value is -2.45. The third kappa shape index (κ3) is 3.10. The van der Waals surface area contributed by atoms with E-state index in [-0.39, 0.29) is 27.0 Å². The number of rotatable bonds is 4. The van der Waals surface area contributed by atoms with Crippen molar-refractivity contribution in [1.82, 2.24) is 0 Å². The summed E-state index contributed by atoms with van der Waals surface area (Å²) in [6.07, 6.45) is 0. The number of anilines is 1. The number of carbonyl (C=O) groups excluding carboxylic acids is 1. The molecule has 0 amide bonds. The molecular weight excluding hydrogens is 353 g/mol. The van der Waals surface area contributed by atoms with Crippen LogP contribution in [0.1, 0.15) is 17.3 Å². The van der Waals surface area contributed by atoms with E-state index in [9.17, 15) is 22.7 Å². The number of carbonyl (C=O) groups is 1. The van der Waals surface area contributed by atoms with Crippen LogP contribution in [-0.2, 0) is 10.0 Å². The smallest absolute Gasteiger partial charge is 0.271 e. The fraction of sp³-hybridized carbons (Fsp3) is 0.0625. The fourth-order valence-electron chi connectivity index (χ4n) is 2.23. The molecule has 1 aromatic heterocycles. The van der Waals surface area contributed by atoms with Crippen LogP contribution in [-0.4, -0.2) is 19.3 Å². The summed E-state index contributed by atoms with van der Waals surface area (Å²) < 4.78 is 41.3. The molecule has 3 rings (SSSR count). The van der Waals surface area contributed by atoms with Crippen molar-refractivity contribution in [2.45, 2.75) is 11.1 Å². The van der Waals surface area contributed by atoms with Gasteiger partial charge in [-0.2, -0.15) is 0 Å². The second-order valence-electron chi connectivity index (χ2n) is 5.14. The van der Waals surface area contributed by atoms with Crippen LogP contribution in [0.3, 0.4) is 0 Å². The lowest BCUT2D eigenvalue weighted by Crippen LogP contribution is -2.13. The number of thiophene rings is 1. The molecule has 2 N–H and O–H groups in total. The average molecular weight is 365 g/mol. The number of sulfonamides is 1. The Bertz CT molecular complexity index is 1060. The molecule has 1 heterocycles. The van der Waals surface area contributed by atoms with E-state index in [2.05, 4.69) is 4.72 Å². The summed E-state index contributed by atoms with van der Waals surface area (Å²) in [7, 11) is -3.94. The highest BCUT2D eigenvalue weighted by Crippen LogP contribution is 2.32. The van der Waals surface area contributed by atoms with E-state index in [1.165, 1.54) is 49.4 Å². The molecule has 2 aromatic carbocycles. The maximum Gasteiger partial charge on any atom is 0.271 e. The lowest BCUT2D eigenvalue weighted by atomic mass is 10.1. The van der Waals surface area contributed by atoms with Gasteiger partial charge in [0.1, 0.15) is 15.8 Å². The molecular formula is C16H12FNO4S2. The quantitative estimate of drug-likeness (QED) is 0.545. The van der Waals surface area contributed by atoms with Crippen molar-refractivity contribution in [1.29, 1.82) is 0 Å². The van der Waals surface area contributed by atoms with Crippen molar-refractivity contribution in [2.24, 2.45) is 0 Å². The van der Waals surface area contributed by atoms with E-state index in [4.69, 9.17) is 0 Å². The minimum atomic E-state index is -3.94. The third-order valence-corrected chi connectivity index (χ3v) is 6.30. The summed E-state index contributed by atoms with van der Waals surface area (Å²) in [6.45, 7) is 1.27. The Morgan fingerprint density at radius 3 is 2.62 bits per heavy atom. The molecule has 24 heavy (non-hydrogen) atoms. The first-order valence-electron chi connectivity index (χ1n) is 6.82. The number of halogens is 1. The van der Waals surface area contributed by atoms with Gasteiger partial charge in [-0.25, -0.2) is 12.8 Å². The molecule has 0 bridgehead atoms. The standard InChI is InChI=1S/C16H12FNO4S2/c1-9(19)13-8-12(20)3-4-14(13)18-24(21,22)16-7-10-6-11(17)2-5-15(10)23-16/h2-8,18,20H,1H3. The van der Waals surface area contributed by atoms with Crippen molar-refractivity contribution >= 4 is 42.9 Å². The third-order valence-electron chi connectivity index (χ3n) is 3.35. The van der Waals surface area contributed by atoms with Crippen molar-refractivity contribution < 1.29 is 22.7 Å². The second kappa shape index (κ2) is 5.88. The van der Waals surface area contributed by atoms with E-state index in [1.54, 1.807) is 0 Å². The minimum Gasteiger partial charge on any atom is -0.508 e. The maximum atomic E-state index is 13.2. The van der Waals surface area contributed by atoms with Gasteiger partial charge in [0.2, 0.25) is 0 Å². The summed E-state index contributed by atoms with van der Waals surface area (Å²) in [6, 6.07) is 9.19. The Morgan fingerprint density at radius 1 is 1.17 bits per heavy atom. The highest BCUT2D eigenvalue weighted by atomic mass is 32.2. The number of fused-ring (bicyclic) bond motifs is 1. The number of hydrogen-bond acceptors (Lipinski definition) is 5. The summed E-state index contributed by atoms with van der Waals surface area (Å²) in [5, 5.41) is 9.94. The summed E-state index contributed by atoms with van der Waals surface area (Å²) in [5.74, 6) is -0.975. The van der Waals surface area contributed by atoms with Gasteiger partial charge in [-0.05, 0) is 54.8 Å². The average Bonchev–Trinajstić information content (AvgIpc) is 2.92. The molecule has 0 unspecified atom stereocenters. The van der Waals surface area contributed by atoms with Gasteiger partial charge in [-0.15, -0.1) is 11.3 Å². The molecule has 0 radical (unpaired) electrons. The first-order chi connectivity index (χ1) is 11.3. The Balaban J connectivity index is 2.03. The SMILES string of the molecule is CC(=O)c1cc(O)ccc1NS(=O)(=O)c1cc2cc(F)ccc2s1. The van der Waals surface area contributed by atoms with E-state index >= 15 is 0 Å². The Morgan fingerprint density at radius 2 is 1.92 bits per heavy atom. The van der Waals surface area contributed by atoms with Gasteiger partial charge in [0.15, 0.2) is 5.78 Å². The van der Waals surface area contributed by atoms with Gasteiger partial charge < -0.3 is 5.11 Å². The molecule has 124 valence electrons. The Kier molecular flexibility index (Phi) is 4.02. The zero-order chi connectivity index (χ0) is 17.5. The molecule has 0 atom stereocenters. The molecule has 0 fully saturated rings. The van der Waals surface area contributed by atoms with Gasteiger partial charge in [0, 0.05) is 10.3 Å². The number of Topliss-reactive ketones (excluding diaryl/α,β-unsaturated/α-hetero) is 1. The molecule has 5 nitrogen and oxygen atoms in total. The first kappa shape index (κ1) is 16.4. The van der Waals surface area contributed by atoms with E-state index in [0.717, 1.165) is 11.3 Å². The van der Waals surface area contributed by atoms with Crippen molar-refractivity contribution in [3.8, 4) is 5.75 Å². The lowest BCUT2D eigenvalue weighted by Gasteiger charge is -2.10. The molecule has 0 aliphatic rings. The van der Waals surface area contributed by atoms with Gasteiger partial charge in [0.05, 0.1) is 5.69 Å². The second-order valence-corrected chi connectivity index (χ2v) is 8.13. The Labute approximate surface area is 141 Å². The van der Waals surface area contributed by atoms with Gasteiger partial charge in [0.25, 0.3) is 10.0 Å². The number of ketones is 1. The first-order valence-corrected chi connectivity index (χ1v) is 9.12. The van der Waals surface area contributed by atoms with Crippen molar-refractivity contribution in [2.75, 3.05) is 4.72 Å². The number of hydrogen-bond donors (Lipinski definition) is 2. The molecule has 3 aromatic rings. The molecule has 8 heteroatoms. The number of phenols is 1. The predicted octanol–water partition coefficient (Wildman–Crippen LogP) is 3.75. The molecule has 0 aliphatic heterocycles. The maximum absolute atomic E-state index is 13.2. The summed E-state index contributed by atoms with van der Waals surface area (Å²) in [4.78, 5) is 11.6. The van der Waals surface area contributed by atoms with Crippen LogP contribution in [0.25, 0.3) is 10.1 Å². The molecule has 0 spiro atoms. The van der Waals surface area contributed by atoms with Crippen molar-refractivity contribution in [3.63, 3.8) is 0 Å². The minimum absolute atomic E-state index is 0.00526. The van der Waals surface area contributed by atoms with E-state index in [0.29, 0.717) is 10.1 Å². The number of aromatic hydroxyl groups is 1. The zero-order valence-electron chi connectivity index (χ0n) is 12.4. The normalized spacial score (nSPS) is 11.6. The number of nitrogens with one attached hydrogen (secondary N) is 1. The molecule has 0 saturated carbocycles. The molecule has 0 aliphatic carbocycles. The molecule has 0 saturated heterocycles. The van der Waals surface area contributed by atoms with Gasteiger partial charge in [-0.3, -0.25) is 9.52 Å². The zero-order valence-corrected chi connectivity index (χ0v) is 14.0. The summed E-state index contributed by atoms with van der Waals surface area (Å²) in [5.41, 5.74) is 0.134. The van der Waals surface area contributed by atoms with Gasteiger partial charge in [-0.1, -0.05) is 0 Å². The number of benzene rings is 2. The van der Waals surface area contributed by atoms with Crippen LogP contribution in [0.2, 0.25) is 0 Å². The van der Waals surface area contributed by atoms with Crippen LogP contribution in [0, 0.1) is 5.82 Å². The lowest BCUT2D eigenvalue weighted by molar-refractivity contribution is 0.101. The van der Waals surface area contributed by atoms with Crippen LogP contribution in [0.4, 0.5) is 10.1 Å². The van der Waals surface area contributed by atoms with Gasteiger partial charge >= 0.3 is 0 Å². The predicted molar refractivity (Wildman–Crippen MR) is 90.7 cm³/mol. The topological polar surface area (TPSA) is 83.5 Å². The van der Waals surface area contributed by atoms with E-state index in [1.807, 2.05) is 0 Å². The largest absolute Gasteiger partial charge is 0.508 e. The number of phenolic OH excluding ortho intramolecular Hbond substituents is 1. The van der Waals surface area contributed by atoms with E-state index < -0.39 is 15.8 Å². The summed E-state index contributed by atoms with van der Waals surface area (Å²) >= 11 is 0.998. The van der Waals surface area contributed by atoms with Crippen LogP contribution < -0.4 is 4.72 Å².